The lowest BCUT2D eigenvalue weighted by molar-refractivity contribution is 0.0955. The number of rotatable bonds is 6. The van der Waals surface area contributed by atoms with Crippen molar-refractivity contribution in [3.05, 3.63) is 70.3 Å². The Morgan fingerprint density at radius 1 is 1.07 bits per heavy atom. The normalized spacial score (nSPS) is 10.9. The van der Waals surface area contributed by atoms with Gasteiger partial charge in [-0.2, -0.15) is 5.10 Å². The summed E-state index contributed by atoms with van der Waals surface area (Å²) in [7, 11) is 0. The van der Waals surface area contributed by atoms with Gasteiger partial charge in [0.2, 0.25) is 0 Å². The summed E-state index contributed by atoms with van der Waals surface area (Å²) in [6.45, 7) is 6.72. The molecule has 1 N–H and O–H groups in total. The molecule has 0 aromatic carbocycles. The predicted molar refractivity (Wildman–Crippen MR) is 117 cm³/mol. The van der Waals surface area contributed by atoms with Gasteiger partial charge in [-0.05, 0) is 50.6 Å². The van der Waals surface area contributed by atoms with Crippen LogP contribution in [0.3, 0.4) is 0 Å². The molecule has 4 heterocycles. The highest BCUT2D eigenvalue weighted by atomic mass is 32.1. The largest absolute Gasteiger partial charge is 0.349 e. The summed E-state index contributed by atoms with van der Waals surface area (Å²) in [5.74, 6) is -0.0989. The van der Waals surface area contributed by atoms with Crippen LogP contribution in [0.25, 0.3) is 22.4 Å². The van der Waals surface area contributed by atoms with Crippen LogP contribution in [0, 0.1) is 20.8 Å². The van der Waals surface area contributed by atoms with Gasteiger partial charge < -0.3 is 5.32 Å². The van der Waals surface area contributed by atoms with Crippen molar-refractivity contribution in [2.75, 3.05) is 6.54 Å². The fraction of sp³-hybridized carbons (Fsp3) is 0.227. The molecule has 0 aliphatic rings. The van der Waals surface area contributed by atoms with Crippen LogP contribution in [0.15, 0.2) is 49.1 Å². The third-order valence-electron chi connectivity index (χ3n) is 4.73. The Balaban J connectivity index is 1.58. The molecular weight excluding hydrogens is 396 g/mol. The number of hydrogen-bond donors (Lipinski definition) is 1. The van der Waals surface area contributed by atoms with E-state index in [2.05, 4.69) is 25.4 Å². The molecule has 1 amide bonds. The predicted octanol–water partition coefficient (Wildman–Crippen LogP) is 3.82. The Hall–Kier alpha value is -3.39. The number of nitrogens with one attached hydrogen (secondary N) is 1. The molecule has 30 heavy (non-hydrogen) atoms. The molecule has 0 aliphatic heterocycles. The molecular formula is C22H22N6OS. The summed E-state index contributed by atoms with van der Waals surface area (Å²) in [4.78, 5) is 26.0. The van der Waals surface area contributed by atoms with Crippen LogP contribution < -0.4 is 5.32 Å². The Morgan fingerprint density at radius 3 is 2.53 bits per heavy atom. The fourth-order valence-electron chi connectivity index (χ4n) is 3.31. The van der Waals surface area contributed by atoms with E-state index in [4.69, 9.17) is 0 Å². The van der Waals surface area contributed by atoms with Gasteiger partial charge in [0.25, 0.3) is 5.91 Å². The average Bonchev–Trinajstić information content (AvgIpc) is 3.32. The first-order valence-corrected chi connectivity index (χ1v) is 10.5. The molecule has 0 saturated heterocycles. The van der Waals surface area contributed by atoms with Crippen molar-refractivity contribution in [1.29, 1.82) is 0 Å². The number of aromatic nitrogens is 5. The number of carbonyl (C=O) groups excluding carboxylic acids is 1. The van der Waals surface area contributed by atoms with Gasteiger partial charge in [0.05, 0.1) is 29.1 Å². The van der Waals surface area contributed by atoms with Crippen molar-refractivity contribution in [3.63, 3.8) is 0 Å². The molecule has 8 heteroatoms. The second-order valence-electron chi connectivity index (χ2n) is 6.96. The molecule has 0 spiro atoms. The first kappa shape index (κ1) is 19.9. The summed E-state index contributed by atoms with van der Waals surface area (Å²) in [5, 5.41) is 8.46. The minimum Gasteiger partial charge on any atom is -0.349 e. The topological polar surface area (TPSA) is 85.6 Å². The van der Waals surface area contributed by atoms with Crippen LogP contribution in [0.2, 0.25) is 0 Å². The summed E-state index contributed by atoms with van der Waals surface area (Å²) in [5.41, 5.74) is 5.70. The maximum absolute atomic E-state index is 12.5. The minimum atomic E-state index is -0.0989. The highest BCUT2D eigenvalue weighted by molar-refractivity contribution is 7.13. The third kappa shape index (κ3) is 4.13. The van der Waals surface area contributed by atoms with Crippen molar-refractivity contribution in [3.8, 4) is 22.4 Å². The van der Waals surface area contributed by atoms with Crippen molar-refractivity contribution in [1.82, 2.24) is 30.0 Å². The van der Waals surface area contributed by atoms with Crippen molar-refractivity contribution in [2.24, 2.45) is 0 Å². The number of carbonyl (C=O) groups is 1. The van der Waals surface area contributed by atoms with Gasteiger partial charge in [0.1, 0.15) is 4.88 Å². The molecule has 0 fully saturated rings. The van der Waals surface area contributed by atoms with E-state index in [0.717, 1.165) is 38.8 Å². The van der Waals surface area contributed by atoms with Crippen LogP contribution in [0.5, 0.6) is 0 Å². The van der Waals surface area contributed by atoms with Crippen LogP contribution in [-0.4, -0.2) is 37.2 Å². The van der Waals surface area contributed by atoms with Crippen molar-refractivity contribution < 1.29 is 4.79 Å². The zero-order valence-electron chi connectivity index (χ0n) is 17.1. The third-order valence-corrected chi connectivity index (χ3v) is 5.81. The molecule has 0 atom stereocenters. The lowest BCUT2D eigenvalue weighted by Gasteiger charge is -2.11. The van der Waals surface area contributed by atoms with E-state index in [1.807, 2.05) is 62.1 Å². The number of hydrogen-bond acceptors (Lipinski definition) is 6. The Kier molecular flexibility index (Phi) is 5.67. The Labute approximate surface area is 178 Å². The lowest BCUT2D eigenvalue weighted by Crippen LogP contribution is -2.27. The first-order chi connectivity index (χ1) is 14.5. The van der Waals surface area contributed by atoms with Gasteiger partial charge in [-0.1, -0.05) is 0 Å². The SMILES string of the molecule is Cc1ccc(-c2c(-c3ccncc3)cnn2CCNC(=O)c2sc(C)nc2C)cn1. The van der Waals surface area contributed by atoms with Crippen LogP contribution >= 0.6 is 11.3 Å². The van der Waals surface area contributed by atoms with Crippen LogP contribution in [0.4, 0.5) is 0 Å². The van der Waals surface area contributed by atoms with E-state index >= 15 is 0 Å². The second kappa shape index (κ2) is 8.54. The number of thiazole rings is 1. The maximum Gasteiger partial charge on any atom is 0.263 e. The van der Waals surface area contributed by atoms with Gasteiger partial charge in [-0.25, -0.2) is 4.98 Å². The van der Waals surface area contributed by atoms with Crippen molar-refractivity contribution in [2.45, 2.75) is 27.3 Å². The monoisotopic (exact) mass is 418 g/mol. The first-order valence-electron chi connectivity index (χ1n) is 9.64. The van der Waals surface area contributed by atoms with Crippen LogP contribution in [-0.2, 0) is 6.54 Å². The fourth-order valence-corrected chi connectivity index (χ4v) is 4.14. The highest BCUT2D eigenvalue weighted by Gasteiger charge is 2.17. The molecule has 0 radical (unpaired) electrons. The summed E-state index contributed by atoms with van der Waals surface area (Å²) in [6, 6.07) is 7.95. The molecule has 0 bridgehead atoms. The quantitative estimate of drug-likeness (QED) is 0.514. The van der Waals surface area contributed by atoms with Gasteiger partial charge in [-0.15, -0.1) is 11.3 Å². The standard InChI is InChI=1S/C22H22N6OS/c1-14-4-5-18(12-25-14)20-19(17-6-8-23-9-7-17)13-26-28(20)11-10-24-22(29)21-15(2)27-16(3)30-21/h4-9,12-13H,10-11H2,1-3H3,(H,24,29). The zero-order valence-corrected chi connectivity index (χ0v) is 17.9. The molecule has 0 aliphatic carbocycles. The van der Waals surface area contributed by atoms with E-state index < -0.39 is 0 Å². The Bertz CT molecular complexity index is 1160. The molecule has 4 aromatic heterocycles. The number of nitrogens with zero attached hydrogens (tertiary/aromatic N) is 5. The molecule has 4 aromatic rings. The highest BCUT2D eigenvalue weighted by Crippen LogP contribution is 2.31. The zero-order chi connectivity index (χ0) is 21.1. The van der Waals surface area contributed by atoms with E-state index in [0.29, 0.717) is 18.0 Å². The minimum absolute atomic E-state index is 0.0989. The van der Waals surface area contributed by atoms with Crippen LogP contribution in [0.1, 0.15) is 26.1 Å². The van der Waals surface area contributed by atoms with Gasteiger partial charge in [0, 0.05) is 42.0 Å². The van der Waals surface area contributed by atoms with Gasteiger partial charge >= 0.3 is 0 Å². The lowest BCUT2D eigenvalue weighted by atomic mass is 10.0. The average molecular weight is 419 g/mol. The van der Waals surface area contributed by atoms with Gasteiger partial charge in [0.15, 0.2) is 0 Å². The number of aryl methyl sites for hydroxylation is 3. The van der Waals surface area contributed by atoms with E-state index in [9.17, 15) is 4.79 Å². The summed E-state index contributed by atoms with van der Waals surface area (Å²) < 4.78 is 1.91. The summed E-state index contributed by atoms with van der Waals surface area (Å²) >= 11 is 1.41. The smallest absolute Gasteiger partial charge is 0.263 e. The molecule has 0 saturated carbocycles. The maximum atomic E-state index is 12.5. The Morgan fingerprint density at radius 2 is 1.87 bits per heavy atom. The van der Waals surface area contributed by atoms with E-state index in [1.165, 1.54) is 11.3 Å². The van der Waals surface area contributed by atoms with E-state index in [-0.39, 0.29) is 5.91 Å². The number of amides is 1. The molecule has 152 valence electrons. The number of pyridine rings is 2. The molecule has 4 rings (SSSR count). The second-order valence-corrected chi connectivity index (χ2v) is 8.16. The van der Waals surface area contributed by atoms with E-state index in [1.54, 1.807) is 12.4 Å². The van der Waals surface area contributed by atoms with Crippen molar-refractivity contribution >= 4 is 17.2 Å². The molecule has 7 nitrogen and oxygen atoms in total. The van der Waals surface area contributed by atoms with Gasteiger partial charge in [-0.3, -0.25) is 19.4 Å². The molecule has 0 unspecified atom stereocenters. The summed E-state index contributed by atoms with van der Waals surface area (Å²) in [6.07, 6.45) is 7.24.